The van der Waals surface area contributed by atoms with Crippen LogP contribution in [0.25, 0.3) is 10.8 Å². The lowest BCUT2D eigenvalue weighted by molar-refractivity contribution is -0.150. The maximum atomic E-state index is 13.7. The first kappa shape index (κ1) is 21.0. The molecule has 2 aromatic carbocycles. The quantitative estimate of drug-likeness (QED) is 0.352. The van der Waals surface area contributed by atoms with Crippen LogP contribution in [0.2, 0.25) is 0 Å². The fourth-order valence-corrected chi connectivity index (χ4v) is 6.80. The van der Waals surface area contributed by atoms with Crippen molar-refractivity contribution in [3.8, 4) is 5.75 Å². The molecule has 0 saturated heterocycles. The van der Waals surface area contributed by atoms with Gasteiger partial charge in [0.15, 0.2) is 11.5 Å². The number of rotatable bonds is 4. The molecule has 2 saturated carbocycles. The second-order valence-electron chi connectivity index (χ2n) is 8.93. The predicted octanol–water partition coefficient (Wildman–Crippen LogP) is 5.08. The van der Waals surface area contributed by atoms with Gasteiger partial charge in [0.2, 0.25) is 0 Å². The van der Waals surface area contributed by atoms with Gasteiger partial charge in [-0.3, -0.25) is 9.59 Å². The molecule has 0 radical (unpaired) electrons. The second-order valence-corrected chi connectivity index (χ2v) is 9.84. The second kappa shape index (κ2) is 6.91. The van der Waals surface area contributed by atoms with Gasteiger partial charge in [0, 0.05) is 10.8 Å². The van der Waals surface area contributed by atoms with Gasteiger partial charge < -0.3 is 9.47 Å². The molecule has 0 aromatic heterocycles. The van der Waals surface area contributed by atoms with Crippen molar-refractivity contribution in [2.75, 3.05) is 6.61 Å². The zero-order chi connectivity index (χ0) is 21.9. The highest BCUT2D eigenvalue weighted by atomic mass is 79.9. The van der Waals surface area contributed by atoms with E-state index in [9.17, 15) is 14.4 Å². The molecule has 2 fully saturated rings. The fraction of sp³-hybridized carbons (Fsp3) is 0.458. The van der Waals surface area contributed by atoms with Gasteiger partial charge in [-0.25, -0.2) is 4.79 Å². The highest BCUT2D eigenvalue weighted by Crippen LogP contribution is 2.72. The summed E-state index contributed by atoms with van der Waals surface area (Å²) in [7, 11) is 0. The summed E-state index contributed by atoms with van der Waals surface area (Å²) in [6.45, 7) is 7.82. The number of carbonyl (C=O) groups is 3. The number of benzene rings is 2. The van der Waals surface area contributed by atoms with Crippen LogP contribution in [0.1, 0.15) is 50.9 Å². The van der Waals surface area contributed by atoms with Crippen LogP contribution in [0.15, 0.2) is 36.4 Å². The zero-order valence-corrected chi connectivity index (χ0v) is 19.2. The summed E-state index contributed by atoms with van der Waals surface area (Å²) in [6.07, 6.45) is 1.19. The zero-order valence-electron chi connectivity index (χ0n) is 17.6. The number of fused-ring (bicyclic) bond motifs is 3. The van der Waals surface area contributed by atoms with Crippen molar-refractivity contribution < 1.29 is 23.9 Å². The molecule has 2 bridgehead atoms. The number of hydrogen-bond acceptors (Lipinski definition) is 5. The van der Waals surface area contributed by atoms with E-state index < -0.39 is 33.0 Å². The molecular formula is C24H25BrO5. The van der Waals surface area contributed by atoms with Gasteiger partial charge in [-0.1, -0.05) is 67.0 Å². The molecule has 0 amide bonds. The maximum absolute atomic E-state index is 13.7. The molecule has 6 heteroatoms. The van der Waals surface area contributed by atoms with Crippen molar-refractivity contribution in [1.82, 2.24) is 0 Å². The number of carbonyl (C=O) groups excluding carboxylic acids is 3. The van der Waals surface area contributed by atoms with Crippen LogP contribution in [-0.4, -0.2) is 29.2 Å². The van der Waals surface area contributed by atoms with Crippen molar-refractivity contribution in [2.24, 2.45) is 16.2 Å². The summed E-state index contributed by atoms with van der Waals surface area (Å²) in [4.78, 5) is 38.7. The third-order valence-electron chi connectivity index (χ3n) is 7.65. The van der Waals surface area contributed by atoms with Gasteiger partial charge in [0.1, 0.15) is 5.56 Å². The van der Waals surface area contributed by atoms with E-state index in [1.807, 2.05) is 45.0 Å². The normalized spacial score (nSPS) is 29.2. The summed E-state index contributed by atoms with van der Waals surface area (Å²) >= 11 is 3.52. The Balaban J connectivity index is 1.83. The molecule has 0 spiro atoms. The highest BCUT2D eigenvalue weighted by molar-refractivity contribution is 9.10. The summed E-state index contributed by atoms with van der Waals surface area (Å²) in [5.74, 6) is -0.795. The van der Waals surface area contributed by atoms with Gasteiger partial charge in [-0.05, 0) is 36.6 Å². The third kappa shape index (κ3) is 2.49. The monoisotopic (exact) mass is 472 g/mol. The maximum Gasteiger partial charge on any atom is 0.341 e. The smallest absolute Gasteiger partial charge is 0.341 e. The standard InChI is InChI=1S/C24H25BrO5/c1-5-29-20(27)16-11-10-14-8-6-7-9-15(14)17(16)30-21(28)24-13-12-23(4,22(24,2)3)19(26)18(24)25/h6-11,18H,5,12-13H2,1-4H3. The van der Waals surface area contributed by atoms with Crippen molar-refractivity contribution >= 4 is 44.4 Å². The fourth-order valence-electron chi connectivity index (χ4n) is 5.31. The number of hydrogen-bond donors (Lipinski definition) is 0. The number of alkyl halides is 1. The molecule has 0 heterocycles. The van der Waals surface area contributed by atoms with Crippen LogP contribution >= 0.6 is 15.9 Å². The molecule has 3 unspecified atom stereocenters. The number of halogens is 1. The SMILES string of the molecule is CCOC(=O)c1ccc2ccccc2c1OC(=O)C12CCC(C)(C(=O)C1Br)C2(C)C. The van der Waals surface area contributed by atoms with Gasteiger partial charge in [0.05, 0.1) is 16.8 Å². The molecule has 2 aliphatic rings. The molecule has 5 nitrogen and oxygen atoms in total. The largest absolute Gasteiger partial charge is 0.462 e. The van der Waals surface area contributed by atoms with E-state index in [0.717, 1.165) is 5.39 Å². The minimum atomic E-state index is -0.998. The van der Waals surface area contributed by atoms with Crippen LogP contribution in [-0.2, 0) is 14.3 Å². The molecule has 2 aliphatic carbocycles. The average molecular weight is 473 g/mol. The first-order chi connectivity index (χ1) is 14.1. The lowest BCUT2D eigenvalue weighted by atomic mass is 9.65. The van der Waals surface area contributed by atoms with Crippen LogP contribution in [0.5, 0.6) is 5.75 Å². The van der Waals surface area contributed by atoms with Crippen LogP contribution in [0, 0.1) is 16.2 Å². The van der Waals surface area contributed by atoms with E-state index in [-0.39, 0.29) is 23.7 Å². The summed E-state index contributed by atoms with van der Waals surface area (Å²) in [5.41, 5.74) is -1.98. The third-order valence-corrected chi connectivity index (χ3v) is 8.85. The number of Topliss-reactive ketones (excluding diaryl/α,β-unsaturated/α-hetero) is 1. The van der Waals surface area contributed by atoms with Crippen LogP contribution in [0.3, 0.4) is 0 Å². The Bertz CT molecular complexity index is 1070. The summed E-state index contributed by atoms with van der Waals surface area (Å²) in [5, 5.41) is 1.50. The van der Waals surface area contributed by atoms with Gasteiger partial charge >= 0.3 is 11.9 Å². The summed E-state index contributed by atoms with van der Waals surface area (Å²) < 4.78 is 11.2. The molecule has 158 valence electrons. The first-order valence-corrected chi connectivity index (χ1v) is 11.1. The van der Waals surface area contributed by atoms with Crippen molar-refractivity contribution in [1.29, 1.82) is 0 Å². The number of ketones is 1. The molecular weight excluding hydrogens is 448 g/mol. The van der Waals surface area contributed by atoms with Gasteiger partial charge in [-0.2, -0.15) is 0 Å². The van der Waals surface area contributed by atoms with E-state index in [4.69, 9.17) is 9.47 Å². The molecule has 0 N–H and O–H groups in total. The molecule has 2 aromatic rings. The number of ether oxygens (including phenoxy) is 2. The minimum absolute atomic E-state index is 0.0410. The van der Waals surface area contributed by atoms with E-state index in [0.29, 0.717) is 18.2 Å². The van der Waals surface area contributed by atoms with E-state index in [2.05, 4.69) is 15.9 Å². The Morgan fingerprint density at radius 1 is 1.10 bits per heavy atom. The van der Waals surface area contributed by atoms with Gasteiger partial charge in [0.25, 0.3) is 0 Å². The topological polar surface area (TPSA) is 69.7 Å². The van der Waals surface area contributed by atoms with Gasteiger partial charge in [-0.15, -0.1) is 0 Å². The highest BCUT2D eigenvalue weighted by Gasteiger charge is 2.77. The summed E-state index contributed by atoms with van der Waals surface area (Å²) in [6, 6.07) is 10.8. The Morgan fingerprint density at radius 3 is 2.43 bits per heavy atom. The Morgan fingerprint density at radius 2 is 1.80 bits per heavy atom. The Labute approximate surface area is 184 Å². The average Bonchev–Trinajstić information content (AvgIpc) is 2.99. The van der Waals surface area contributed by atoms with Crippen molar-refractivity contribution in [3.63, 3.8) is 0 Å². The van der Waals surface area contributed by atoms with Crippen LogP contribution in [0.4, 0.5) is 0 Å². The lowest BCUT2D eigenvalue weighted by Gasteiger charge is -2.38. The molecule has 0 aliphatic heterocycles. The molecule has 3 atom stereocenters. The molecule has 30 heavy (non-hydrogen) atoms. The Kier molecular flexibility index (Phi) is 4.84. The van der Waals surface area contributed by atoms with Crippen molar-refractivity contribution in [3.05, 3.63) is 42.0 Å². The van der Waals surface area contributed by atoms with Crippen molar-refractivity contribution in [2.45, 2.75) is 45.4 Å². The predicted molar refractivity (Wildman–Crippen MR) is 117 cm³/mol. The molecule has 4 rings (SSSR count). The van der Waals surface area contributed by atoms with Crippen LogP contribution < -0.4 is 4.74 Å². The van der Waals surface area contributed by atoms with E-state index in [1.165, 1.54) is 0 Å². The minimum Gasteiger partial charge on any atom is -0.462 e. The van der Waals surface area contributed by atoms with E-state index in [1.54, 1.807) is 19.1 Å². The lowest BCUT2D eigenvalue weighted by Crippen LogP contribution is -2.47. The Hall–Kier alpha value is -2.21. The number of esters is 2. The van der Waals surface area contributed by atoms with E-state index >= 15 is 0 Å². The first-order valence-electron chi connectivity index (χ1n) is 10.2.